The van der Waals surface area contributed by atoms with Crippen molar-refractivity contribution in [1.29, 1.82) is 0 Å². The summed E-state index contributed by atoms with van der Waals surface area (Å²) in [6.45, 7) is 5.51. The van der Waals surface area contributed by atoms with Crippen molar-refractivity contribution in [2.45, 2.75) is 32.7 Å². The average Bonchev–Trinajstić information content (AvgIpc) is 2.56. The van der Waals surface area contributed by atoms with E-state index in [1.807, 2.05) is 30.9 Å². The Morgan fingerprint density at radius 3 is 2.70 bits per heavy atom. The second kappa shape index (κ2) is 7.97. The Hall–Kier alpha value is -2.08. The minimum Gasteiger partial charge on any atom is -0.494 e. The van der Waals surface area contributed by atoms with Crippen molar-refractivity contribution in [3.8, 4) is 5.75 Å². The van der Waals surface area contributed by atoms with E-state index in [1.54, 1.807) is 12.1 Å². The summed E-state index contributed by atoms with van der Waals surface area (Å²) in [4.78, 5) is 25.4. The molecule has 23 heavy (non-hydrogen) atoms. The van der Waals surface area contributed by atoms with Gasteiger partial charge in [0.15, 0.2) is 0 Å². The van der Waals surface area contributed by atoms with Crippen LogP contribution in [0.5, 0.6) is 5.75 Å². The SMILES string of the molecule is CCOc1ccc(NC(=O)C(C)N2CCCC(C(=O)O)C2)cc1. The van der Waals surface area contributed by atoms with Gasteiger partial charge in [0.2, 0.25) is 5.91 Å². The molecule has 0 aromatic heterocycles. The molecule has 2 N–H and O–H groups in total. The van der Waals surface area contributed by atoms with Gasteiger partial charge in [-0.15, -0.1) is 0 Å². The van der Waals surface area contributed by atoms with E-state index in [9.17, 15) is 9.59 Å². The molecule has 0 spiro atoms. The molecule has 1 aromatic carbocycles. The molecule has 1 aromatic rings. The third kappa shape index (κ3) is 4.69. The molecule has 0 aliphatic carbocycles. The maximum atomic E-state index is 12.4. The summed E-state index contributed by atoms with van der Waals surface area (Å²) in [6, 6.07) is 6.86. The van der Waals surface area contributed by atoms with E-state index < -0.39 is 5.97 Å². The van der Waals surface area contributed by atoms with Crippen LogP contribution in [0.2, 0.25) is 0 Å². The molecule has 1 saturated heterocycles. The van der Waals surface area contributed by atoms with Crippen LogP contribution in [0.3, 0.4) is 0 Å². The number of carbonyl (C=O) groups excluding carboxylic acids is 1. The summed E-state index contributed by atoms with van der Waals surface area (Å²) in [6.07, 6.45) is 1.48. The zero-order valence-corrected chi connectivity index (χ0v) is 13.6. The number of anilines is 1. The van der Waals surface area contributed by atoms with Gasteiger partial charge >= 0.3 is 5.97 Å². The number of rotatable bonds is 6. The zero-order valence-electron chi connectivity index (χ0n) is 13.6. The number of carbonyl (C=O) groups is 2. The van der Waals surface area contributed by atoms with Gasteiger partial charge in [-0.3, -0.25) is 14.5 Å². The molecule has 0 bridgehead atoms. The molecule has 6 heteroatoms. The van der Waals surface area contributed by atoms with Crippen molar-refractivity contribution in [3.05, 3.63) is 24.3 Å². The Morgan fingerprint density at radius 2 is 2.09 bits per heavy atom. The lowest BCUT2D eigenvalue weighted by Crippen LogP contribution is -2.48. The largest absolute Gasteiger partial charge is 0.494 e. The van der Waals surface area contributed by atoms with Gasteiger partial charge in [0, 0.05) is 12.2 Å². The molecule has 1 aliphatic heterocycles. The lowest BCUT2D eigenvalue weighted by atomic mass is 9.97. The highest BCUT2D eigenvalue weighted by Gasteiger charge is 2.30. The van der Waals surface area contributed by atoms with Gasteiger partial charge < -0.3 is 15.2 Å². The van der Waals surface area contributed by atoms with Crippen LogP contribution in [0.4, 0.5) is 5.69 Å². The van der Waals surface area contributed by atoms with Gasteiger partial charge in [-0.2, -0.15) is 0 Å². The van der Waals surface area contributed by atoms with Crippen LogP contribution in [0.25, 0.3) is 0 Å². The number of likely N-dealkylation sites (tertiary alicyclic amines) is 1. The van der Waals surface area contributed by atoms with E-state index in [2.05, 4.69) is 5.32 Å². The summed E-state index contributed by atoms with van der Waals surface area (Å²) >= 11 is 0. The molecule has 1 amide bonds. The lowest BCUT2D eigenvalue weighted by molar-refractivity contribution is -0.144. The van der Waals surface area contributed by atoms with Gasteiger partial charge in [0.25, 0.3) is 0 Å². The summed E-state index contributed by atoms with van der Waals surface area (Å²) in [7, 11) is 0. The van der Waals surface area contributed by atoms with E-state index in [4.69, 9.17) is 9.84 Å². The van der Waals surface area contributed by atoms with Gasteiger partial charge in [0.1, 0.15) is 5.75 Å². The first-order chi connectivity index (χ1) is 11.0. The normalized spacial score (nSPS) is 19.8. The van der Waals surface area contributed by atoms with Crippen LogP contribution in [0.15, 0.2) is 24.3 Å². The molecule has 6 nitrogen and oxygen atoms in total. The zero-order chi connectivity index (χ0) is 16.8. The first-order valence-corrected chi connectivity index (χ1v) is 8.01. The summed E-state index contributed by atoms with van der Waals surface area (Å²) in [5.41, 5.74) is 0.706. The maximum absolute atomic E-state index is 12.4. The van der Waals surface area contributed by atoms with Gasteiger partial charge in [-0.05, 0) is 57.5 Å². The van der Waals surface area contributed by atoms with Crippen molar-refractivity contribution in [2.24, 2.45) is 5.92 Å². The lowest BCUT2D eigenvalue weighted by Gasteiger charge is -2.34. The minimum atomic E-state index is -0.783. The van der Waals surface area contributed by atoms with Crippen LogP contribution in [0.1, 0.15) is 26.7 Å². The number of carboxylic acids is 1. The number of aliphatic carboxylic acids is 1. The fraction of sp³-hybridized carbons (Fsp3) is 0.529. The molecule has 1 aliphatic rings. The highest BCUT2D eigenvalue weighted by atomic mass is 16.5. The van der Waals surface area contributed by atoms with Crippen LogP contribution >= 0.6 is 0 Å². The monoisotopic (exact) mass is 320 g/mol. The van der Waals surface area contributed by atoms with Crippen LogP contribution in [-0.2, 0) is 9.59 Å². The van der Waals surface area contributed by atoms with Gasteiger partial charge in [-0.1, -0.05) is 0 Å². The van der Waals surface area contributed by atoms with E-state index >= 15 is 0 Å². The third-order valence-corrected chi connectivity index (χ3v) is 4.16. The third-order valence-electron chi connectivity index (χ3n) is 4.16. The number of nitrogens with zero attached hydrogens (tertiary/aromatic N) is 1. The predicted molar refractivity (Wildman–Crippen MR) is 87.6 cm³/mol. The first kappa shape index (κ1) is 17.3. The highest BCUT2D eigenvalue weighted by molar-refractivity contribution is 5.94. The smallest absolute Gasteiger partial charge is 0.307 e. The van der Waals surface area contributed by atoms with E-state index in [-0.39, 0.29) is 17.9 Å². The Kier molecular flexibility index (Phi) is 5.98. The topological polar surface area (TPSA) is 78.9 Å². The minimum absolute atomic E-state index is 0.125. The Labute approximate surface area is 136 Å². The van der Waals surface area contributed by atoms with Crippen molar-refractivity contribution in [2.75, 3.05) is 25.0 Å². The van der Waals surface area contributed by atoms with Crippen molar-refractivity contribution < 1.29 is 19.4 Å². The molecule has 0 saturated carbocycles. The maximum Gasteiger partial charge on any atom is 0.307 e. The van der Waals surface area contributed by atoms with E-state index in [0.29, 0.717) is 25.3 Å². The molecule has 2 atom stereocenters. The predicted octanol–water partition coefficient (Wildman–Crippen LogP) is 2.21. The number of benzene rings is 1. The van der Waals surface area contributed by atoms with Crippen LogP contribution < -0.4 is 10.1 Å². The summed E-state index contributed by atoms with van der Waals surface area (Å²) in [5.74, 6) is -0.530. The van der Waals surface area contributed by atoms with Crippen molar-refractivity contribution in [3.63, 3.8) is 0 Å². The number of amides is 1. The standard InChI is InChI=1S/C17H24N2O4/c1-3-23-15-8-6-14(7-9-15)18-16(20)12(2)19-10-4-5-13(11-19)17(21)22/h6-9,12-13H,3-5,10-11H2,1-2H3,(H,18,20)(H,21,22). The Morgan fingerprint density at radius 1 is 1.39 bits per heavy atom. The molecular weight excluding hydrogens is 296 g/mol. The van der Waals surface area contributed by atoms with Crippen molar-refractivity contribution in [1.82, 2.24) is 4.90 Å². The number of hydrogen-bond donors (Lipinski definition) is 2. The number of piperidine rings is 1. The first-order valence-electron chi connectivity index (χ1n) is 8.01. The van der Waals surface area contributed by atoms with E-state index in [1.165, 1.54) is 0 Å². The quantitative estimate of drug-likeness (QED) is 0.840. The van der Waals surface area contributed by atoms with Crippen molar-refractivity contribution >= 4 is 17.6 Å². The number of ether oxygens (including phenoxy) is 1. The summed E-state index contributed by atoms with van der Waals surface area (Å²) in [5, 5.41) is 12.0. The molecule has 1 fully saturated rings. The van der Waals surface area contributed by atoms with Gasteiger partial charge in [0.05, 0.1) is 18.6 Å². The van der Waals surface area contributed by atoms with Gasteiger partial charge in [-0.25, -0.2) is 0 Å². The number of carboxylic acid groups (broad SMARTS) is 1. The second-order valence-electron chi connectivity index (χ2n) is 5.79. The van der Waals surface area contributed by atoms with E-state index in [0.717, 1.165) is 18.7 Å². The van der Waals surface area contributed by atoms with Crippen LogP contribution in [-0.4, -0.2) is 47.6 Å². The summed E-state index contributed by atoms with van der Waals surface area (Å²) < 4.78 is 5.37. The Bertz CT molecular complexity index is 544. The molecule has 126 valence electrons. The molecule has 2 rings (SSSR count). The molecular formula is C17H24N2O4. The highest BCUT2D eigenvalue weighted by Crippen LogP contribution is 2.20. The molecule has 0 radical (unpaired) electrons. The fourth-order valence-electron chi connectivity index (χ4n) is 2.77. The number of hydrogen-bond acceptors (Lipinski definition) is 4. The second-order valence-corrected chi connectivity index (χ2v) is 5.79. The average molecular weight is 320 g/mol. The van der Waals surface area contributed by atoms with Crippen LogP contribution in [0, 0.1) is 5.92 Å². The number of nitrogens with one attached hydrogen (secondary N) is 1. The Balaban J connectivity index is 1.92. The molecule has 1 heterocycles. The molecule has 2 unspecified atom stereocenters. The fourth-order valence-corrected chi connectivity index (χ4v) is 2.77.